The zero-order chi connectivity index (χ0) is 19.6. The van der Waals surface area contributed by atoms with Gasteiger partial charge in [-0.1, -0.05) is 48.5 Å². The number of hydrogen-bond acceptors (Lipinski definition) is 4. The molecule has 2 aliphatic rings. The molecule has 5 rings (SSSR count). The first-order chi connectivity index (χ1) is 14.3. The third-order valence-corrected chi connectivity index (χ3v) is 5.94. The number of nitrogens with zero attached hydrogens (tertiary/aromatic N) is 3. The quantitative estimate of drug-likeness (QED) is 0.625. The van der Waals surface area contributed by atoms with E-state index in [1.165, 1.54) is 22.3 Å². The topological polar surface area (TPSA) is 28.1 Å². The van der Waals surface area contributed by atoms with Crippen LogP contribution in [0.4, 0.5) is 0 Å². The van der Waals surface area contributed by atoms with Crippen molar-refractivity contribution in [2.45, 2.75) is 6.04 Å². The summed E-state index contributed by atoms with van der Waals surface area (Å²) < 4.78 is 5.21. The van der Waals surface area contributed by atoms with Gasteiger partial charge in [0, 0.05) is 26.2 Å². The first-order valence-electron chi connectivity index (χ1n) is 10.2. The monoisotopic (exact) mass is 383 g/mol. The van der Waals surface area contributed by atoms with Crippen LogP contribution in [0.5, 0.6) is 5.75 Å². The molecule has 4 heteroatoms. The SMILES string of the molecule is COc1ccc(/C=N\N2CCN(C3c4ccccc4-c4ccccc43)CC2)cc1. The molecule has 0 spiro atoms. The van der Waals surface area contributed by atoms with Gasteiger partial charge in [0.05, 0.1) is 19.4 Å². The van der Waals surface area contributed by atoms with Crippen molar-refractivity contribution in [1.29, 1.82) is 0 Å². The van der Waals surface area contributed by atoms with Gasteiger partial charge in [-0.3, -0.25) is 9.91 Å². The number of piperazine rings is 1. The smallest absolute Gasteiger partial charge is 0.118 e. The van der Waals surface area contributed by atoms with Crippen LogP contribution in [0.3, 0.4) is 0 Å². The van der Waals surface area contributed by atoms with Crippen molar-refractivity contribution < 1.29 is 4.74 Å². The molecule has 29 heavy (non-hydrogen) atoms. The highest BCUT2D eigenvalue weighted by Crippen LogP contribution is 2.46. The van der Waals surface area contributed by atoms with Gasteiger partial charge in [-0.15, -0.1) is 0 Å². The summed E-state index contributed by atoms with van der Waals surface area (Å²) in [5.74, 6) is 0.868. The molecule has 1 heterocycles. The van der Waals surface area contributed by atoms with Gasteiger partial charge in [0.1, 0.15) is 5.75 Å². The fraction of sp³-hybridized carbons (Fsp3) is 0.240. The van der Waals surface area contributed by atoms with E-state index in [9.17, 15) is 0 Å². The first-order valence-corrected chi connectivity index (χ1v) is 10.2. The molecule has 0 N–H and O–H groups in total. The minimum absolute atomic E-state index is 0.357. The number of methoxy groups -OCH3 is 1. The molecule has 0 amide bonds. The van der Waals surface area contributed by atoms with Gasteiger partial charge in [-0.25, -0.2) is 0 Å². The van der Waals surface area contributed by atoms with Crippen LogP contribution in [0.2, 0.25) is 0 Å². The molecule has 0 atom stereocenters. The molecule has 3 aromatic carbocycles. The fourth-order valence-corrected chi connectivity index (χ4v) is 4.45. The van der Waals surface area contributed by atoms with Gasteiger partial charge in [0.2, 0.25) is 0 Å². The third-order valence-electron chi connectivity index (χ3n) is 5.94. The van der Waals surface area contributed by atoms with Gasteiger partial charge in [0.25, 0.3) is 0 Å². The van der Waals surface area contributed by atoms with E-state index in [4.69, 9.17) is 9.84 Å². The minimum atomic E-state index is 0.357. The van der Waals surface area contributed by atoms with Crippen LogP contribution in [0, 0.1) is 0 Å². The standard InChI is InChI=1S/C25H25N3O/c1-29-20-12-10-19(11-13-20)18-26-28-16-14-27(15-17-28)25-23-8-4-2-6-21(23)22-7-3-5-9-24(22)25/h2-13,18,25H,14-17H2,1H3/b26-18-. The van der Waals surface area contributed by atoms with E-state index in [1.54, 1.807) is 7.11 Å². The largest absolute Gasteiger partial charge is 0.497 e. The average molecular weight is 383 g/mol. The molecule has 0 unspecified atom stereocenters. The fourth-order valence-electron chi connectivity index (χ4n) is 4.45. The highest BCUT2D eigenvalue weighted by molar-refractivity contribution is 5.79. The maximum atomic E-state index is 5.21. The lowest BCUT2D eigenvalue weighted by Crippen LogP contribution is -2.45. The second-order valence-electron chi connectivity index (χ2n) is 7.58. The molecule has 3 aromatic rings. The number of hydrogen-bond donors (Lipinski definition) is 0. The summed E-state index contributed by atoms with van der Waals surface area (Å²) >= 11 is 0. The molecule has 0 aromatic heterocycles. The predicted molar refractivity (Wildman–Crippen MR) is 117 cm³/mol. The summed E-state index contributed by atoms with van der Waals surface area (Å²) in [6.07, 6.45) is 1.94. The zero-order valence-electron chi connectivity index (χ0n) is 16.7. The molecule has 1 aliphatic heterocycles. The molecule has 0 saturated carbocycles. The highest BCUT2D eigenvalue weighted by Gasteiger charge is 2.33. The number of fused-ring (bicyclic) bond motifs is 3. The van der Waals surface area contributed by atoms with Gasteiger partial charge in [-0.2, -0.15) is 5.10 Å². The van der Waals surface area contributed by atoms with Gasteiger partial charge < -0.3 is 4.74 Å². The van der Waals surface area contributed by atoms with E-state index in [2.05, 4.69) is 58.4 Å². The van der Waals surface area contributed by atoms with Crippen LogP contribution in [-0.2, 0) is 0 Å². The molecular weight excluding hydrogens is 358 g/mol. The van der Waals surface area contributed by atoms with Crippen LogP contribution >= 0.6 is 0 Å². The van der Waals surface area contributed by atoms with Crippen LogP contribution in [0.15, 0.2) is 77.9 Å². The van der Waals surface area contributed by atoms with Crippen molar-refractivity contribution in [3.05, 3.63) is 89.5 Å². The molecule has 1 saturated heterocycles. The Hall–Kier alpha value is -3.11. The lowest BCUT2D eigenvalue weighted by atomic mass is 10.0. The lowest BCUT2D eigenvalue weighted by molar-refractivity contribution is 0.114. The van der Waals surface area contributed by atoms with Gasteiger partial charge in [-0.05, 0) is 52.1 Å². The number of ether oxygens (including phenoxy) is 1. The predicted octanol–water partition coefficient (Wildman–Crippen LogP) is 4.42. The molecule has 146 valence electrons. The molecule has 0 bridgehead atoms. The van der Waals surface area contributed by atoms with Crippen LogP contribution in [0.25, 0.3) is 11.1 Å². The van der Waals surface area contributed by atoms with Crippen LogP contribution in [0.1, 0.15) is 22.7 Å². The second kappa shape index (κ2) is 7.72. The Morgan fingerprint density at radius 1 is 0.793 bits per heavy atom. The van der Waals surface area contributed by atoms with Crippen molar-refractivity contribution in [1.82, 2.24) is 9.91 Å². The van der Waals surface area contributed by atoms with Crippen molar-refractivity contribution in [3.8, 4) is 16.9 Å². The molecule has 1 fully saturated rings. The van der Waals surface area contributed by atoms with E-state index < -0.39 is 0 Å². The van der Waals surface area contributed by atoms with Crippen LogP contribution in [-0.4, -0.2) is 49.4 Å². The first kappa shape index (κ1) is 18.0. The Morgan fingerprint density at radius 2 is 1.38 bits per heavy atom. The lowest BCUT2D eigenvalue weighted by Gasteiger charge is -2.37. The summed E-state index contributed by atoms with van der Waals surface area (Å²) in [7, 11) is 1.68. The Labute approximate surface area is 172 Å². The molecular formula is C25H25N3O. The van der Waals surface area contributed by atoms with E-state index in [0.29, 0.717) is 6.04 Å². The Kier molecular flexibility index (Phi) is 4.78. The number of hydrazone groups is 1. The van der Waals surface area contributed by atoms with E-state index >= 15 is 0 Å². The van der Waals surface area contributed by atoms with Crippen molar-refractivity contribution in [2.75, 3.05) is 33.3 Å². The molecule has 0 radical (unpaired) electrons. The summed E-state index contributed by atoms with van der Waals surface area (Å²) in [4.78, 5) is 2.60. The molecule has 4 nitrogen and oxygen atoms in total. The van der Waals surface area contributed by atoms with E-state index in [0.717, 1.165) is 37.5 Å². The maximum Gasteiger partial charge on any atom is 0.118 e. The van der Waals surface area contributed by atoms with Crippen LogP contribution < -0.4 is 4.74 Å². The van der Waals surface area contributed by atoms with E-state index in [1.807, 2.05) is 30.5 Å². The number of benzene rings is 3. The Balaban J connectivity index is 1.29. The molecule has 1 aliphatic carbocycles. The zero-order valence-corrected chi connectivity index (χ0v) is 16.7. The Morgan fingerprint density at radius 3 is 1.97 bits per heavy atom. The number of rotatable bonds is 4. The summed E-state index contributed by atoms with van der Waals surface area (Å²) in [5.41, 5.74) is 6.72. The van der Waals surface area contributed by atoms with Crippen molar-refractivity contribution in [3.63, 3.8) is 0 Å². The van der Waals surface area contributed by atoms with Gasteiger partial charge >= 0.3 is 0 Å². The average Bonchev–Trinajstić information content (AvgIpc) is 3.13. The Bertz CT molecular complexity index is 975. The van der Waals surface area contributed by atoms with E-state index in [-0.39, 0.29) is 0 Å². The second-order valence-corrected chi connectivity index (χ2v) is 7.58. The summed E-state index contributed by atoms with van der Waals surface area (Å²) in [6.45, 7) is 3.89. The summed E-state index contributed by atoms with van der Waals surface area (Å²) in [6, 6.07) is 26.0. The summed E-state index contributed by atoms with van der Waals surface area (Å²) in [5, 5.41) is 6.87. The highest BCUT2D eigenvalue weighted by atomic mass is 16.5. The van der Waals surface area contributed by atoms with Gasteiger partial charge in [0.15, 0.2) is 0 Å². The van der Waals surface area contributed by atoms with Crippen molar-refractivity contribution in [2.24, 2.45) is 5.10 Å². The maximum absolute atomic E-state index is 5.21. The minimum Gasteiger partial charge on any atom is -0.497 e. The van der Waals surface area contributed by atoms with Crippen molar-refractivity contribution >= 4 is 6.21 Å². The normalized spacial score (nSPS) is 16.8. The third kappa shape index (κ3) is 3.40.